The lowest BCUT2D eigenvalue weighted by molar-refractivity contribution is 0.592. The summed E-state index contributed by atoms with van der Waals surface area (Å²) >= 11 is 0. The van der Waals surface area contributed by atoms with Crippen LogP contribution in [0.2, 0.25) is 0 Å². The van der Waals surface area contributed by atoms with E-state index in [1.54, 1.807) is 13.3 Å². The van der Waals surface area contributed by atoms with Gasteiger partial charge in [-0.1, -0.05) is 39.0 Å². The Kier molecular flexibility index (Phi) is 4.29. The molecule has 0 aliphatic carbocycles. The highest BCUT2D eigenvalue weighted by molar-refractivity contribution is 5.71. The first-order chi connectivity index (χ1) is 7.55. The quantitative estimate of drug-likeness (QED) is 0.767. The van der Waals surface area contributed by atoms with Crippen molar-refractivity contribution in [1.29, 1.82) is 0 Å². The summed E-state index contributed by atoms with van der Waals surface area (Å²) < 4.78 is 0. The lowest BCUT2D eigenvalue weighted by Gasteiger charge is -2.22. The number of hydrogen-bond donors (Lipinski definition) is 1. The van der Waals surface area contributed by atoms with E-state index >= 15 is 0 Å². The van der Waals surface area contributed by atoms with Crippen LogP contribution in [0.5, 0.6) is 0 Å². The van der Waals surface area contributed by atoms with Crippen LogP contribution in [0.4, 0.5) is 5.69 Å². The van der Waals surface area contributed by atoms with Gasteiger partial charge in [0.1, 0.15) is 0 Å². The average molecular weight is 216 g/mol. The van der Waals surface area contributed by atoms with Gasteiger partial charge in [-0.25, -0.2) is 0 Å². The number of nitrogens with zero attached hydrogens (tertiary/aromatic N) is 1. The van der Waals surface area contributed by atoms with Gasteiger partial charge in [0, 0.05) is 25.1 Å². The molecule has 0 aliphatic heterocycles. The number of anilines is 1. The molecule has 1 N–H and O–H groups in total. The second-order valence-corrected chi connectivity index (χ2v) is 4.71. The van der Waals surface area contributed by atoms with Crippen LogP contribution in [0.25, 0.3) is 0 Å². The molecule has 0 fully saturated rings. The zero-order valence-electron chi connectivity index (χ0n) is 10.5. The van der Waals surface area contributed by atoms with Crippen molar-refractivity contribution in [3.05, 3.63) is 42.1 Å². The molecule has 0 saturated carbocycles. The van der Waals surface area contributed by atoms with E-state index in [4.69, 9.17) is 0 Å². The van der Waals surface area contributed by atoms with Crippen LogP contribution in [-0.2, 0) is 5.41 Å². The summed E-state index contributed by atoms with van der Waals surface area (Å²) in [6, 6.07) is 8.36. The van der Waals surface area contributed by atoms with Crippen LogP contribution < -0.4 is 5.32 Å². The van der Waals surface area contributed by atoms with E-state index in [1.165, 1.54) is 5.56 Å². The number of hydrogen-bond acceptors (Lipinski definition) is 2. The van der Waals surface area contributed by atoms with Crippen molar-refractivity contribution in [3.63, 3.8) is 0 Å². The summed E-state index contributed by atoms with van der Waals surface area (Å²) in [5.74, 6) is 0. The second kappa shape index (κ2) is 5.50. The molecule has 2 nitrogen and oxygen atoms in total. The minimum atomic E-state index is 0.149. The summed E-state index contributed by atoms with van der Waals surface area (Å²) in [4.78, 5) is 3.89. The summed E-state index contributed by atoms with van der Waals surface area (Å²) in [6.07, 6.45) is 5.55. The van der Waals surface area contributed by atoms with Gasteiger partial charge in [-0.2, -0.15) is 0 Å². The lowest BCUT2D eigenvalue weighted by atomic mass is 9.86. The first-order valence-corrected chi connectivity index (χ1v) is 5.49. The SMILES string of the molecule is CN=C/C=C\Nc1ccccc1C(C)(C)C. The summed E-state index contributed by atoms with van der Waals surface area (Å²) in [6.45, 7) is 6.64. The van der Waals surface area contributed by atoms with E-state index in [-0.39, 0.29) is 5.41 Å². The van der Waals surface area contributed by atoms with E-state index in [0.717, 1.165) is 5.69 Å². The number of aliphatic imine (C=N–C) groups is 1. The second-order valence-electron chi connectivity index (χ2n) is 4.71. The molecule has 16 heavy (non-hydrogen) atoms. The number of benzene rings is 1. The smallest absolute Gasteiger partial charge is 0.0417 e. The van der Waals surface area contributed by atoms with Gasteiger partial charge in [-0.15, -0.1) is 0 Å². The average Bonchev–Trinajstić information content (AvgIpc) is 2.24. The Morgan fingerprint density at radius 3 is 2.50 bits per heavy atom. The molecule has 2 heteroatoms. The maximum atomic E-state index is 3.89. The number of allylic oxidation sites excluding steroid dienone is 1. The molecule has 1 rings (SSSR count). The minimum Gasteiger partial charge on any atom is -0.361 e. The van der Waals surface area contributed by atoms with Crippen LogP contribution >= 0.6 is 0 Å². The Balaban J connectivity index is 2.88. The summed E-state index contributed by atoms with van der Waals surface area (Å²) in [5.41, 5.74) is 2.61. The fourth-order valence-corrected chi connectivity index (χ4v) is 1.53. The van der Waals surface area contributed by atoms with E-state index < -0.39 is 0 Å². The third-order valence-electron chi connectivity index (χ3n) is 2.31. The Labute approximate surface area is 98.1 Å². The van der Waals surface area contributed by atoms with Gasteiger partial charge < -0.3 is 5.32 Å². The molecule has 0 saturated heterocycles. The Hall–Kier alpha value is -1.57. The predicted octanol–water partition coefficient (Wildman–Crippen LogP) is 3.61. The van der Waals surface area contributed by atoms with Crippen molar-refractivity contribution in [3.8, 4) is 0 Å². The molecule has 0 radical (unpaired) electrons. The largest absolute Gasteiger partial charge is 0.361 e. The predicted molar refractivity (Wildman–Crippen MR) is 72.3 cm³/mol. The van der Waals surface area contributed by atoms with Gasteiger partial charge in [-0.3, -0.25) is 4.99 Å². The van der Waals surface area contributed by atoms with E-state index in [9.17, 15) is 0 Å². The Bertz CT molecular complexity index is 384. The van der Waals surface area contributed by atoms with Crippen LogP contribution in [0.1, 0.15) is 26.3 Å². The summed E-state index contributed by atoms with van der Waals surface area (Å²) in [7, 11) is 1.76. The van der Waals surface area contributed by atoms with Gasteiger partial charge >= 0.3 is 0 Å². The molecule has 1 aromatic rings. The molecule has 0 unspecified atom stereocenters. The molecule has 0 aromatic heterocycles. The Morgan fingerprint density at radius 1 is 1.19 bits per heavy atom. The number of rotatable bonds is 3. The van der Waals surface area contributed by atoms with Gasteiger partial charge in [0.2, 0.25) is 0 Å². The number of nitrogens with one attached hydrogen (secondary N) is 1. The molecule has 1 aromatic carbocycles. The molecule has 0 atom stereocenters. The lowest BCUT2D eigenvalue weighted by Crippen LogP contribution is -2.13. The van der Waals surface area contributed by atoms with Crippen LogP contribution in [0.15, 0.2) is 41.5 Å². The van der Waals surface area contributed by atoms with Crippen molar-refractivity contribution in [2.75, 3.05) is 12.4 Å². The molecule has 0 amide bonds. The topological polar surface area (TPSA) is 24.4 Å². The van der Waals surface area contributed by atoms with E-state index in [0.29, 0.717) is 0 Å². The molecule has 0 bridgehead atoms. The zero-order valence-corrected chi connectivity index (χ0v) is 10.5. The maximum absolute atomic E-state index is 3.89. The van der Waals surface area contributed by atoms with Gasteiger partial charge in [0.25, 0.3) is 0 Å². The minimum absolute atomic E-state index is 0.149. The van der Waals surface area contributed by atoms with Crippen molar-refractivity contribution in [1.82, 2.24) is 0 Å². The normalized spacial score (nSPS) is 12.5. The van der Waals surface area contributed by atoms with E-state index in [2.05, 4.69) is 49.3 Å². The van der Waals surface area contributed by atoms with E-state index in [1.807, 2.05) is 18.3 Å². The molecular formula is C14H20N2. The van der Waals surface area contributed by atoms with Crippen LogP contribution in [0.3, 0.4) is 0 Å². The molecule has 86 valence electrons. The highest BCUT2D eigenvalue weighted by atomic mass is 14.8. The zero-order chi connectivity index (χ0) is 12.0. The van der Waals surface area contributed by atoms with Crippen LogP contribution in [0, 0.1) is 0 Å². The monoisotopic (exact) mass is 216 g/mol. The van der Waals surface area contributed by atoms with Crippen molar-refractivity contribution < 1.29 is 0 Å². The van der Waals surface area contributed by atoms with Gasteiger partial charge in [0.05, 0.1) is 0 Å². The standard InChI is InChI=1S/C14H20N2/c1-14(2,3)12-8-5-6-9-13(12)16-11-7-10-15-4/h5-11,16H,1-4H3/b11-7-,15-10?. The van der Waals surface area contributed by atoms with Crippen molar-refractivity contribution in [2.45, 2.75) is 26.2 Å². The van der Waals surface area contributed by atoms with Gasteiger partial charge in [-0.05, 0) is 23.1 Å². The fourth-order valence-electron chi connectivity index (χ4n) is 1.53. The third kappa shape index (κ3) is 3.54. The first-order valence-electron chi connectivity index (χ1n) is 5.49. The summed E-state index contributed by atoms with van der Waals surface area (Å²) in [5, 5.41) is 3.28. The maximum Gasteiger partial charge on any atom is 0.0417 e. The number of para-hydroxylation sites is 1. The molecular weight excluding hydrogens is 196 g/mol. The third-order valence-corrected chi connectivity index (χ3v) is 2.31. The highest BCUT2D eigenvalue weighted by Crippen LogP contribution is 2.28. The molecule has 0 aliphatic rings. The van der Waals surface area contributed by atoms with Gasteiger partial charge in [0.15, 0.2) is 0 Å². The molecule has 0 spiro atoms. The first kappa shape index (κ1) is 12.5. The Morgan fingerprint density at radius 2 is 1.88 bits per heavy atom. The van der Waals surface area contributed by atoms with Crippen molar-refractivity contribution >= 4 is 11.9 Å². The van der Waals surface area contributed by atoms with Crippen LogP contribution in [-0.4, -0.2) is 13.3 Å². The molecule has 0 heterocycles. The fraction of sp³-hybridized carbons (Fsp3) is 0.357. The van der Waals surface area contributed by atoms with Crippen molar-refractivity contribution in [2.24, 2.45) is 4.99 Å². The highest BCUT2D eigenvalue weighted by Gasteiger charge is 2.16.